The van der Waals surface area contributed by atoms with Gasteiger partial charge in [-0.1, -0.05) is 0 Å². The Balaban J connectivity index is 1.92. The van der Waals surface area contributed by atoms with Crippen molar-refractivity contribution in [3.63, 3.8) is 0 Å². The monoisotopic (exact) mass is 290 g/mol. The second-order valence-corrected chi connectivity index (χ2v) is 5.71. The van der Waals surface area contributed by atoms with E-state index in [4.69, 9.17) is 5.73 Å². The molecule has 0 bridgehead atoms. The molecule has 7 heteroatoms. The molecule has 0 radical (unpaired) electrons. The summed E-state index contributed by atoms with van der Waals surface area (Å²) in [6, 6.07) is 3.46. The Hall–Kier alpha value is -1.99. The lowest BCUT2D eigenvalue weighted by Crippen LogP contribution is -2.46. The van der Waals surface area contributed by atoms with Crippen molar-refractivity contribution in [3.05, 3.63) is 28.9 Å². The van der Waals surface area contributed by atoms with Gasteiger partial charge in [-0.15, -0.1) is 11.3 Å². The van der Waals surface area contributed by atoms with Gasteiger partial charge in [0.2, 0.25) is 0 Å². The van der Waals surface area contributed by atoms with E-state index in [1.165, 1.54) is 11.3 Å². The molecule has 0 spiro atoms. The summed E-state index contributed by atoms with van der Waals surface area (Å²) in [4.78, 5) is 30.0. The van der Waals surface area contributed by atoms with Crippen molar-refractivity contribution in [2.75, 3.05) is 26.2 Å². The fourth-order valence-corrected chi connectivity index (χ4v) is 3.24. The zero-order valence-electron chi connectivity index (χ0n) is 10.8. The van der Waals surface area contributed by atoms with E-state index in [1.54, 1.807) is 12.3 Å². The number of fused-ring (bicyclic) bond motifs is 1. The predicted octanol–water partition coefficient (Wildman–Crippen LogP) is 0.441. The van der Waals surface area contributed by atoms with Gasteiger partial charge >= 0.3 is 0 Å². The molecule has 2 aromatic heterocycles. The van der Waals surface area contributed by atoms with Crippen LogP contribution in [0.5, 0.6) is 0 Å². The molecule has 2 amide bonds. The number of nitrogens with zero attached hydrogens (tertiary/aromatic N) is 2. The Morgan fingerprint density at radius 1 is 1.30 bits per heavy atom. The molecule has 1 saturated heterocycles. The first-order valence-electron chi connectivity index (χ1n) is 6.34. The fraction of sp³-hybridized carbons (Fsp3) is 0.308. The number of piperazine rings is 1. The smallest absolute Gasteiger partial charge is 0.267 e. The van der Waals surface area contributed by atoms with Gasteiger partial charge in [0.05, 0.1) is 4.88 Å². The van der Waals surface area contributed by atoms with E-state index in [0.717, 1.165) is 36.3 Å². The average Bonchev–Trinajstić information content (AvgIpc) is 2.90. The van der Waals surface area contributed by atoms with Gasteiger partial charge < -0.3 is 16.0 Å². The summed E-state index contributed by atoms with van der Waals surface area (Å²) in [7, 11) is 0. The molecule has 104 valence electrons. The lowest BCUT2D eigenvalue weighted by atomic mass is 10.2. The Bertz CT molecular complexity index is 676. The highest BCUT2D eigenvalue weighted by Gasteiger charge is 2.20. The van der Waals surface area contributed by atoms with Crippen molar-refractivity contribution in [1.82, 2.24) is 15.2 Å². The number of nitrogens with two attached hydrogens (primary N) is 1. The molecule has 1 fully saturated rings. The number of amides is 2. The zero-order valence-corrected chi connectivity index (χ0v) is 11.6. The van der Waals surface area contributed by atoms with Crippen LogP contribution in [0.15, 0.2) is 18.3 Å². The molecule has 0 aromatic carbocycles. The maximum atomic E-state index is 12.4. The number of rotatable bonds is 2. The molecule has 1 aliphatic heterocycles. The van der Waals surface area contributed by atoms with Crippen molar-refractivity contribution in [1.29, 1.82) is 0 Å². The maximum absolute atomic E-state index is 12.4. The van der Waals surface area contributed by atoms with Crippen LogP contribution in [0.3, 0.4) is 0 Å². The molecule has 3 rings (SSSR count). The van der Waals surface area contributed by atoms with Crippen molar-refractivity contribution < 1.29 is 9.59 Å². The zero-order chi connectivity index (χ0) is 14.1. The van der Waals surface area contributed by atoms with Gasteiger partial charge in [0.15, 0.2) is 0 Å². The molecule has 0 saturated carbocycles. The number of hydrogen-bond donors (Lipinski definition) is 2. The first kappa shape index (κ1) is 13.0. The molecular weight excluding hydrogens is 276 g/mol. The van der Waals surface area contributed by atoms with E-state index in [1.807, 2.05) is 11.0 Å². The number of carbonyl (C=O) groups is 2. The molecule has 3 heterocycles. The lowest BCUT2D eigenvalue weighted by Gasteiger charge is -2.26. The molecule has 3 N–H and O–H groups in total. The van der Waals surface area contributed by atoms with Gasteiger partial charge in [0.1, 0.15) is 5.69 Å². The van der Waals surface area contributed by atoms with E-state index in [0.29, 0.717) is 4.88 Å². The highest BCUT2D eigenvalue weighted by molar-refractivity contribution is 7.20. The summed E-state index contributed by atoms with van der Waals surface area (Å²) in [6.07, 6.45) is 1.58. The largest absolute Gasteiger partial charge is 0.364 e. The number of carbonyl (C=O) groups excluding carboxylic acids is 2. The summed E-state index contributed by atoms with van der Waals surface area (Å²) in [6.45, 7) is 3.09. The minimum atomic E-state index is -0.560. The van der Waals surface area contributed by atoms with Gasteiger partial charge in [-0.2, -0.15) is 0 Å². The standard InChI is InChI=1S/C13H14N4O2S/c14-12(18)9-6-10-8(7-16-9)5-11(20-10)13(19)17-3-1-15-2-4-17/h5-7,15H,1-4H2,(H2,14,18). The minimum Gasteiger partial charge on any atom is -0.364 e. The summed E-state index contributed by atoms with van der Waals surface area (Å²) in [5.74, 6) is -0.524. The molecule has 2 aromatic rings. The minimum absolute atomic E-state index is 0.0355. The first-order chi connectivity index (χ1) is 9.65. The SMILES string of the molecule is NC(=O)c1cc2sc(C(=O)N3CCNCC3)cc2cn1. The van der Waals surface area contributed by atoms with Crippen molar-refractivity contribution in [2.24, 2.45) is 5.73 Å². The first-order valence-corrected chi connectivity index (χ1v) is 7.16. The molecule has 0 atom stereocenters. The van der Waals surface area contributed by atoms with Crippen LogP contribution in [0.25, 0.3) is 10.1 Å². The number of aromatic nitrogens is 1. The summed E-state index contributed by atoms with van der Waals surface area (Å²) < 4.78 is 0.854. The quantitative estimate of drug-likeness (QED) is 0.840. The number of primary amides is 1. The topological polar surface area (TPSA) is 88.3 Å². The van der Waals surface area contributed by atoms with Crippen LogP contribution in [-0.2, 0) is 0 Å². The van der Waals surface area contributed by atoms with Gasteiger partial charge in [0.25, 0.3) is 11.8 Å². The van der Waals surface area contributed by atoms with E-state index >= 15 is 0 Å². The van der Waals surface area contributed by atoms with Crippen molar-refractivity contribution in [3.8, 4) is 0 Å². The summed E-state index contributed by atoms with van der Waals surface area (Å²) in [5.41, 5.74) is 5.43. The van der Waals surface area contributed by atoms with E-state index < -0.39 is 5.91 Å². The van der Waals surface area contributed by atoms with Crippen LogP contribution in [0.2, 0.25) is 0 Å². The fourth-order valence-electron chi connectivity index (χ4n) is 2.20. The Morgan fingerprint density at radius 3 is 2.75 bits per heavy atom. The molecule has 6 nitrogen and oxygen atoms in total. The predicted molar refractivity (Wildman–Crippen MR) is 76.9 cm³/mol. The third kappa shape index (κ3) is 2.37. The third-order valence-corrected chi connectivity index (χ3v) is 4.35. The van der Waals surface area contributed by atoms with Crippen LogP contribution < -0.4 is 11.1 Å². The normalized spacial score (nSPS) is 15.5. The van der Waals surface area contributed by atoms with E-state index in [-0.39, 0.29) is 11.6 Å². The lowest BCUT2D eigenvalue weighted by molar-refractivity contribution is 0.0740. The molecule has 1 aliphatic rings. The maximum Gasteiger partial charge on any atom is 0.267 e. The number of nitrogens with one attached hydrogen (secondary N) is 1. The summed E-state index contributed by atoms with van der Waals surface area (Å²) in [5, 5.41) is 4.08. The second-order valence-electron chi connectivity index (χ2n) is 4.62. The summed E-state index contributed by atoms with van der Waals surface area (Å²) >= 11 is 1.37. The van der Waals surface area contributed by atoms with Crippen LogP contribution >= 0.6 is 11.3 Å². The van der Waals surface area contributed by atoms with Crippen LogP contribution in [-0.4, -0.2) is 47.9 Å². The molecule has 20 heavy (non-hydrogen) atoms. The highest BCUT2D eigenvalue weighted by atomic mass is 32.1. The molecule has 0 unspecified atom stereocenters. The van der Waals surface area contributed by atoms with E-state index in [2.05, 4.69) is 10.3 Å². The molecule has 0 aliphatic carbocycles. The van der Waals surface area contributed by atoms with Gasteiger partial charge in [-0.3, -0.25) is 14.6 Å². The second kappa shape index (κ2) is 5.18. The Morgan fingerprint density at radius 2 is 2.05 bits per heavy atom. The number of thiophene rings is 1. The van der Waals surface area contributed by atoms with Crippen molar-refractivity contribution in [2.45, 2.75) is 0 Å². The van der Waals surface area contributed by atoms with Gasteiger partial charge in [-0.25, -0.2) is 0 Å². The number of hydrogen-bond acceptors (Lipinski definition) is 5. The van der Waals surface area contributed by atoms with E-state index in [9.17, 15) is 9.59 Å². The third-order valence-electron chi connectivity index (χ3n) is 3.27. The van der Waals surface area contributed by atoms with Crippen molar-refractivity contribution >= 4 is 33.2 Å². The van der Waals surface area contributed by atoms with Crippen LogP contribution in [0.1, 0.15) is 20.2 Å². The Labute approximate surface area is 119 Å². The highest BCUT2D eigenvalue weighted by Crippen LogP contribution is 2.26. The van der Waals surface area contributed by atoms with Gasteiger partial charge in [-0.05, 0) is 12.1 Å². The van der Waals surface area contributed by atoms with Crippen LogP contribution in [0, 0.1) is 0 Å². The average molecular weight is 290 g/mol. The molecular formula is C13H14N4O2S. The van der Waals surface area contributed by atoms with Crippen LogP contribution in [0.4, 0.5) is 0 Å². The number of pyridine rings is 1. The van der Waals surface area contributed by atoms with Gasteiger partial charge in [0, 0.05) is 42.5 Å². The Kier molecular flexibility index (Phi) is 3.37.